The molecule has 0 unspecified atom stereocenters. The zero-order valence-electron chi connectivity index (χ0n) is 19.6. The van der Waals surface area contributed by atoms with E-state index in [-0.39, 0.29) is 5.91 Å². The van der Waals surface area contributed by atoms with Crippen molar-refractivity contribution in [3.8, 4) is 0 Å². The number of piperazine rings is 1. The van der Waals surface area contributed by atoms with E-state index in [1.54, 1.807) is 17.2 Å². The second-order valence-electron chi connectivity index (χ2n) is 9.75. The molecular formula is C27H30N4O3. The molecule has 1 saturated heterocycles. The summed E-state index contributed by atoms with van der Waals surface area (Å²) in [4.78, 5) is 29.8. The van der Waals surface area contributed by atoms with E-state index in [9.17, 15) is 14.7 Å². The predicted molar refractivity (Wildman–Crippen MR) is 133 cm³/mol. The summed E-state index contributed by atoms with van der Waals surface area (Å²) >= 11 is 0. The third-order valence-electron chi connectivity index (χ3n) is 6.81. The maximum Gasteiger partial charge on any atom is 0.416 e. The Morgan fingerprint density at radius 2 is 1.82 bits per heavy atom. The number of para-hydroxylation sites is 1. The molecule has 7 heteroatoms. The largest absolute Gasteiger partial charge is 0.464 e. The monoisotopic (exact) mass is 458 g/mol. The quantitative estimate of drug-likeness (QED) is 0.621. The van der Waals surface area contributed by atoms with E-state index in [1.165, 1.54) is 4.57 Å². The second kappa shape index (κ2) is 8.74. The number of benzene rings is 2. The van der Waals surface area contributed by atoms with E-state index in [4.69, 9.17) is 0 Å². The molecule has 1 fully saturated rings. The summed E-state index contributed by atoms with van der Waals surface area (Å²) in [6.45, 7) is 9.38. The van der Waals surface area contributed by atoms with E-state index >= 15 is 0 Å². The molecule has 1 amide bonds. The molecule has 0 saturated carbocycles. The van der Waals surface area contributed by atoms with Crippen LogP contribution in [0.2, 0.25) is 0 Å². The molecule has 0 aliphatic carbocycles. The number of carboxylic acid groups (broad SMARTS) is 1. The smallest absolute Gasteiger partial charge is 0.416 e. The first kappa shape index (κ1) is 22.4. The number of hydrogen-bond acceptors (Lipinski definition) is 4. The number of carbonyl (C=O) groups is 2. The average molecular weight is 459 g/mol. The van der Waals surface area contributed by atoms with E-state index in [0.29, 0.717) is 23.3 Å². The van der Waals surface area contributed by atoms with Crippen molar-refractivity contribution >= 4 is 29.0 Å². The second-order valence-corrected chi connectivity index (χ2v) is 9.75. The van der Waals surface area contributed by atoms with Crippen molar-refractivity contribution in [1.82, 2.24) is 19.7 Å². The minimum atomic E-state index is -1.03. The molecule has 3 heterocycles. The van der Waals surface area contributed by atoms with Gasteiger partial charge in [-0.1, -0.05) is 44.2 Å². The Kier molecular flexibility index (Phi) is 5.75. The predicted octanol–water partition coefficient (Wildman–Crippen LogP) is 3.98. The van der Waals surface area contributed by atoms with E-state index in [2.05, 4.69) is 30.1 Å². The van der Waals surface area contributed by atoms with Gasteiger partial charge < -0.3 is 15.3 Å². The Morgan fingerprint density at radius 3 is 2.59 bits per heavy atom. The summed E-state index contributed by atoms with van der Waals surface area (Å²) in [5.74, 6) is -0.0807. The molecule has 5 rings (SSSR count). The van der Waals surface area contributed by atoms with Crippen LogP contribution in [0.25, 0.3) is 17.0 Å². The van der Waals surface area contributed by atoms with Gasteiger partial charge in [-0.15, -0.1) is 0 Å². The van der Waals surface area contributed by atoms with Crippen molar-refractivity contribution in [1.29, 1.82) is 0 Å². The van der Waals surface area contributed by atoms with Gasteiger partial charge in [0.05, 0.1) is 11.2 Å². The first-order valence-corrected chi connectivity index (χ1v) is 11.7. The molecule has 2 aliphatic rings. The van der Waals surface area contributed by atoms with Gasteiger partial charge in [0.25, 0.3) is 5.91 Å². The Hall–Kier alpha value is -3.42. The molecular weight excluding hydrogens is 428 g/mol. The van der Waals surface area contributed by atoms with Crippen LogP contribution in [-0.2, 0) is 12.0 Å². The summed E-state index contributed by atoms with van der Waals surface area (Å²) in [7, 11) is 0. The molecule has 1 aromatic heterocycles. The van der Waals surface area contributed by atoms with Gasteiger partial charge in [-0.3, -0.25) is 9.69 Å². The van der Waals surface area contributed by atoms with Crippen molar-refractivity contribution < 1.29 is 14.7 Å². The van der Waals surface area contributed by atoms with Gasteiger partial charge in [-0.25, -0.2) is 9.36 Å². The fourth-order valence-electron chi connectivity index (χ4n) is 5.29. The summed E-state index contributed by atoms with van der Waals surface area (Å²) in [5, 5.41) is 14.2. The van der Waals surface area contributed by atoms with Crippen LogP contribution in [0, 0.1) is 0 Å². The highest BCUT2D eigenvalue weighted by atomic mass is 16.4. The molecule has 176 valence electrons. The summed E-state index contributed by atoms with van der Waals surface area (Å²) in [6.07, 6.45) is 2.47. The average Bonchev–Trinajstić information content (AvgIpc) is 3.10. The lowest BCUT2D eigenvalue weighted by Crippen LogP contribution is -2.42. The van der Waals surface area contributed by atoms with E-state index in [1.807, 2.05) is 42.5 Å². The minimum absolute atomic E-state index is 0.0807. The van der Waals surface area contributed by atoms with Crippen LogP contribution in [-0.4, -0.2) is 64.2 Å². The number of carbonyl (C=O) groups excluding carboxylic acids is 1. The third-order valence-corrected chi connectivity index (χ3v) is 6.81. The van der Waals surface area contributed by atoms with Crippen LogP contribution in [0.1, 0.15) is 41.0 Å². The summed E-state index contributed by atoms with van der Waals surface area (Å²) in [6, 6.07) is 15.4. The Balaban J connectivity index is 1.47. The van der Waals surface area contributed by atoms with Crippen molar-refractivity contribution in [2.24, 2.45) is 0 Å². The lowest BCUT2D eigenvalue weighted by atomic mass is 9.82. The lowest BCUT2D eigenvalue weighted by molar-refractivity contribution is 0.0801. The Bertz CT molecular complexity index is 1280. The van der Waals surface area contributed by atoms with Gasteiger partial charge in [-0.05, 0) is 35.4 Å². The van der Waals surface area contributed by atoms with E-state index in [0.717, 1.165) is 49.2 Å². The molecule has 0 spiro atoms. The van der Waals surface area contributed by atoms with Gasteiger partial charge in [0.1, 0.15) is 0 Å². The lowest BCUT2D eigenvalue weighted by Gasteiger charge is -2.30. The first-order valence-electron chi connectivity index (χ1n) is 11.7. The fourth-order valence-corrected chi connectivity index (χ4v) is 5.29. The SMILES string of the molecule is CC1(C)CN(C(=O)c2cccc(CN3CCNCC3)c2)C=Cc2c1c1ccccc1n2C(=O)O. The first-order chi connectivity index (χ1) is 16.3. The number of rotatable bonds is 3. The summed E-state index contributed by atoms with van der Waals surface area (Å²) < 4.78 is 1.32. The van der Waals surface area contributed by atoms with Crippen LogP contribution in [0.4, 0.5) is 4.79 Å². The topological polar surface area (TPSA) is 77.8 Å². The van der Waals surface area contributed by atoms with Crippen molar-refractivity contribution in [3.05, 3.63) is 77.1 Å². The molecule has 2 aromatic carbocycles. The number of amides is 1. The highest BCUT2D eigenvalue weighted by Gasteiger charge is 2.35. The molecule has 7 nitrogen and oxygen atoms in total. The molecule has 0 atom stereocenters. The molecule has 0 bridgehead atoms. The Morgan fingerprint density at radius 1 is 1.06 bits per heavy atom. The fraction of sp³-hybridized carbons (Fsp3) is 0.333. The summed E-state index contributed by atoms with van der Waals surface area (Å²) in [5.41, 5.74) is 3.54. The molecule has 34 heavy (non-hydrogen) atoms. The van der Waals surface area contributed by atoms with Crippen LogP contribution < -0.4 is 5.32 Å². The zero-order valence-corrected chi connectivity index (χ0v) is 19.6. The minimum Gasteiger partial charge on any atom is -0.464 e. The van der Waals surface area contributed by atoms with E-state index < -0.39 is 11.5 Å². The molecule has 2 aliphatic heterocycles. The zero-order chi connectivity index (χ0) is 23.9. The van der Waals surface area contributed by atoms with Crippen LogP contribution in [0.3, 0.4) is 0 Å². The van der Waals surface area contributed by atoms with Crippen LogP contribution in [0.15, 0.2) is 54.7 Å². The number of hydrogen-bond donors (Lipinski definition) is 2. The normalized spacial score (nSPS) is 18.0. The Labute approximate surface area is 199 Å². The highest BCUT2D eigenvalue weighted by Crippen LogP contribution is 2.39. The van der Waals surface area contributed by atoms with Gasteiger partial charge in [0, 0.05) is 61.8 Å². The molecule has 2 N–H and O–H groups in total. The third kappa shape index (κ3) is 4.02. The van der Waals surface area contributed by atoms with Crippen molar-refractivity contribution in [2.45, 2.75) is 25.8 Å². The molecule has 3 aromatic rings. The van der Waals surface area contributed by atoms with Crippen LogP contribution in [0.5, 0.6) is 0 Å². The van der Waals surface area contributed by atoms with Gasteiger partial charge in [0.15, 0.2) is 0 Å². The standard InChI is InChI=1S/C27H30N4O3/c1-27(2)18-30(13-10-23-24(27)21-8-3-4-9-22(21)31(23)26(33)34)25(32)20-7-5-6-19(16-20)17-29-14-11-28-12-15-29/h3-10,13,16,28H,11-12,14-15,17-18H2,1-2H3,(H,33,34). The maximum atomic E-state index is 13.6. The highest BCUT2D eigenvalue weighted by molar-refractivity contribution is 5.99. The number of fused-ring (bicyclic) bond motifs is 3. The van der Waals surface area contributed by atoms with Gasteiger partial charge in [-0.2, -0.15) is 0 Å². The van der Waals surface area contributed by atoms with Gasteiger partial charge >= 0.3 is 6.09 Å². The number of aromatic nitrogens is 1. The van der Waals surface area contributed by atoms with Gasteiger partial charge in [0.2, 0.25) is 0 Å². The van der Waals surface area contributed by atoms with Crippen LogP contribution >= 0.6 is 0 Å². The number of nitrogens with one attached hydrogen (secondary N) is 1. The van der Waals surface area contributed by atoms with Crippen molar-refractivity contribution in [3.63, 3.8) is 0 Å². The maximum absolute atomic E-state index is 13.6. The van der Waals surface area contributed by atoms with Crippen molar-refractivity contribution in [2.75, 3.05) is 32.7 Å². The number of nitrogens with zero attached hydrogens (tertiary/aromatic N) is 3. The molecule has 0 radical (unpaired) electrons.